The van der Waals surface area contributed by atoms with E-state index in [1.165, 1.54) is 0 Å². The average molecular weight is 305 g/mol. The van der Waals surface area contributed by atoms with Crippen molar-refractivity contribution >= 4 is 11.9 Å². The zero-order valence-corrected chi connectivity index (χ0v) is 13.3. The van der Waals surface area contributed by atoms with Crippen LogP contribution in [0.1, 0.15) is 23.2 Å². The number of urea groups is 1. The van der Waals surface area contributed by atoms with Crippen molar-refractivity contribution < 1.29 is 14.3 Å². The number of hydrogen-bond donors (Lipinski definition) is 1. The van der Waals surface area contributed by atoms with E-state index in [-0.39, 0.29) is 18.0 Å². The van der Waals surface area contributed by atoms with Gasteiger partial charge in [-0.3, -0.25) is 4.79 Å². The summed E-state index contributed by atoms with van der Waals surface area (Å²) in [4.78, 5) is 27.5. The first-order valence-electron chi connectivity index (χ1n) is 7.42. The van der Waals surface area contributed by atoms with Crippen LogP contribution in [0.2, 0.25) is 0 Å². The topological polar surface area (TPSA) is 61.9 Å². The van der Waals surface area contributed by atoms with Gasteiger partial charge in [0.1, 0.15) is 5.75 Å². The van der Waals surface area contributed by atoms with Crippen LogP contribution in [-0.4, -0.2) is 62.1 Å². The van der Waals surface area contributed by atoms with Crippen molar-refractivity contribution in [2.45, 2.75) is 18.9 Å². The molecule has 22 heavy (non-hydrogen) atoms. The van der Waals surface area contributed by atoms with E-state index in [1.54, 1.807) is 50.4 Å². The van der Waals surface area contributed by atoms with Crippen molar-refractivity contribution in [1.29, 1.82) is 0 Å². The van der Waals surface area contributed by atoms with Crippen LogP contribution in [0, 0.1) is 0 Å². The van der Waals surface area contributed by atoms with Gasteiger partial charge in [0, 0.05) is 38.8 Å². The van der Waals surface area contributed by atoms with Crippen LogP contribution in [0.25, 0.3) is 0 Å². The number of piperidine rings is 1. The Kier molecular flexibility index (Phi) is 5.25. The highest BCUT2D eigenvalue weighted by molar-refractivity contribution is 5.94. The summed E-state index contributed by atoms with van der Waals surface area (Å²) in [6.07, 6.45) is 1.56. The first-order valence-corrected chi connectivity index (χ1v) is 7.42. The van der Waals surface area contributed by atoms with Crippen LogP contribution < -0.4 is 10.1 Å². The predicted molar refractivity (Wildman–Crippen MR) is 84.1 cm³/mol. The Morgan fingerprint density at radius 1 is 1.18 bits per heavy atom. The van der Waals surface area contributed by atoms with Crippen LogP contribution in [0.5, 0.6) is 5.75 Å². The summed E-state index contributed by atoms with van der Waals surface area (Å²) in [5, 5.41) is 3.03. The van der Waals surface area contributed by atoms with E-state index >= 15 is 0 Å². The minimum atomic E-state index is -0.0833. The SMILES string of the molecule is COc1ccc(C(=O)NC2CCN(C(=O)N(C)C)CC2)cc1. The monoisotopic (exact) mass is 305 g/mol. The molecule has 1 aliphatic heterocycles. The van der Waals surface area contributed by atoms with Gasteiger partial charge in [-0.05, 0) is 37.1 Å². The Morgan fingerprint density at radius 3 is 2.27 bits per heavy atom. The lowest BCUT2D eigenvalue weighted by molar-refractivity contribution is 0.0914. The number of rotatable bonds is 3. The summed E-state index contributed by atoms with van der Waals surface area (Å²) in [7, 11) is 5.09. The van der Waals surface area contributed by atoms with Crippen LogP contribution in [-0.2, 0) is 0 Å². The predicted octanol–water partition coefficient (Wildman–Crippen LogP) is 1.57. The summed E-state index contributed by atoms with van der Waals surface area (Å²) in [5.41, 5.74) is 0.618. The number of amides is 3. The van der Waals surface area contributed by atoms with Crippen LogP contribution >= 0.6 is 0 Å². The second-order valence-corrected chi connectivity index (χ2v) is 5.64. The van der Waals surface area contributed by atoms with Crippen molar-refractivity contribution in [3.05, 3.63) is 29.8 Å². The highest BCUT2D eigenvalue weighted by Crippen LogP contribution is 2.14. The Morgan fingerprint density at radius 2 is 1.77 bits per heavy atom. The average Bonchev–Trinajstić information content (AvgIpc) is 2.54. The van der Waals surface area contributed by atoms with Gasteiger partial charge in [-0.1, -0.05) is 0 Å². The van der Waals surface area contributed by atoms with E-state index in [4.69, 9.17) is 4.74 Å². The molecule has 0 aliphatic carbocycles. The molecule has 0 radical (unpaired) electrons. The molecule has 6 heteroatoms. The summed E-state index contributed by atoms with van der Waals surface area (Å²) < 4.78 is 5.08. The molecular weight excluding hydrogens is 282 g/mol. The van der Waals surface area contributed by atoms with Gasteiger partial charge in [-0.25, -0.2) is 4.79 Å². The summed E-state index contributed by atoms with van der Waals surface area (Å²) in [6, 6.07) is 7.18. The molecule has 0 atom stereocenters. The van der Waals surface area contributed by atoms with Crippen LogP contribution in [0.15, 0.2) is 24.3 Å². The molecule has 1 aliphatic rings. The molecule has 120 valence electrons. The summed E-state index contributed by atoms with van der Waals surface area (Å²) in [6.45, 7) is 1.34. The highest BCUT2D eigenvalue weighted by Gasteiger charge is 2.24. The zero-order valence-electron chi connectivity index (χ0n) is 13.3. The number of carbonyl (C=O) groups is 2. The molecule has 1 aromatic carbocycles. The Bertz CT molecular complexity index is 520. The number of ether oxygens (including phenoxy) is 1. The molecule has 1 heterocycles. The molecule has 3 amide bonds. The molecule has 0 saturated carbocycles. The molecule has 6 nitrogen and oxygen atoms in total. The summed E-state index contributed by atoms with van der Waals surface area (Å²) >= 11 is 0. The third kappa shape index (κ3) is 3.90. The van der Waals surface area contributed by atoms with Gasteiger partial charge in [0.25, 0.3) is 5.91 Å². The normalized spacial score (nSPS) is 15.3. The zero-order chi connectivity index (χ0) is 16.1. The van der Waals surface area contributed by atoms with Gasteiger partial charge in [-0.2, -0.15) is 0 Å². The van der Waals surface area contributed by atoms with E-state index < -0.39 is 0 Å². The second kappa shape index (κ2) is 7.15. The van der Waals surface area contributed by atoms with E-state index in [0.29, 0.717) is 18.7 Å². The van der Waals surface area contributed by atoms with Gasteiger partial charge < -0.3 is 19.9 Å². The fraction of sp³-hybridized carbons (Fsp3) is 0.500. The molecule has 1 N–H and O–H groups in total. The second-order valence-electron chi connectivity index (χ2n) is 5.64. The van der Waals surface area contributed by atoms with Crippen molar-refractivity contribution in [3.63, 3.8) is 0 Å². The first kappa shape index (κ1) is 16.1. The van der Waals surface area contributed by atoms with E-state index in [1.807, 2.05) is 4.90 Å². The van der Waals surface area contributed by atoms with E-state index in [9.17, 15) is 9.59 Å². The lowest BCUT2D eigenvalue weighted by atomic mass is 10.0. The largest absolute Gasteiger partial charge is 0.497 e. The fourth-order valence-corrected chi connectivity index (χ4v) is 2.51. The van der Waals surface area contributed by atoms with Gasteiger partial charge in [0.2, 0.25) is 0 Å². The van der Waals surface area contributed by atoms with Gasteiger partial charge >= 0.3 is 6.03 Å². The number of likely N-dealkylation sites (tertiary alicyclic amines) is 1. The van der Waals surface area contributed by atoms with E-state index in [2.05, 4.69) is 5.32 Å². The minimum absolute atomic E-state index is 0.0277. The molecule has 0 bridgehead atoms. The maximum absolute atomic E-state index is 12.2. The van der Waals surface area contributed by atoms with Crippen LogP contribution in [0.4, 0.5) is 4.79 Å². The van der Waals surface area contributed by atoms with Crippen molar-refractivity contribution in [3.8, 4) is 5.75 Å². The molecule has 1 fully saturated rings. The molecule has 0 unspecified atom stereocenters. The van der Waals surface area contributed by atoms with Crippen LogP contribution in [0.3, 0.4) is 0 Å². The van der Waals surface area contributed by atoms with Gasteiger partial charge in [0.15, 0.2) is 0 Å². The maximum Gasteiger partial charge on any atom is 0.319 e. The van der Waals surface area contributed by atoms with Crippen molar-refractivity contribution in [2.75, 3.05) is 34.3 Å². The third-order valence-corrected chi connectivity index (χ3v) is 3.84. The molecule has 2 rings (SSSR count). The quantitative estimate of drug-likeness (QED) is 0.922. The molecule has 1 saturated heterocycles. The standard InChI is InChI=1S/C16H23N3O3/c1-18(2)16(21)19-10-8-13(9-11-19)17-15(20)12-4-6-14(22-3)7-5-12/h4-7,13H,8-11H2,1-3H3,(H,17,20). The number of hydrogen-bond acceptors (Lipinski definition) is 3. The van der Waals surface area contributed by atoms with Crippen molar-refractivity contribution in [1.82, 2.24) is 15.1 Å². The smallest absolute Gasteiger partial charge is 0.319 e. The number of methoxy groups -OCH3 is 1. The Labute approximate surface area is 131 Å². The molecule has 0 aromatic heterocycles. The lowest BCUT2D eigenvalue weighted by Crippen LogP contribution is -2.49. The third-order valence-electron chi connectivity index (χ3n) is 3.84. The van der Waals surface area contributed by atoms with Gasteiger partial charge in [-0.15, -0.1) is 0 Å². The summed E-state index contributed by atoms with van der Waals surface area (Å²) in [5.74, 6) is 0.645. The number of carbonyl (C=O) groups excluding carboxylic acids is 2. The van der Waals surface area contributed by atoms with Crippen molar-refractivity contribution in [2.24, 2.45) is 0 Å². The maximum atomic E-state index is 12.2. The number of nitrogens with zero attached hydrogens (tertiary/aromatic N) is 2. The molecule has 1 aromatic rings. The molecular formula is C16H23N3O3. The lowest BCUT2D eigenvalue weighted by Gasteiger charge is -2.33. The first-order chi connectivity index (χ1) is 10.5. The Hall–Kier alpha value is -2.24. The highest BCUT2D eigenvalue weighted by atomic mass is 16.5. The number of benzene rings is 1. The number of nitrogens with one attached hydrogen (secondary N) is 1. The fourth-order valence-electron chi connectivity index (χ4n) is 2.51. The minimum Gasteiger partial charge on any atom is -0.497 e. The van der Waals surface area contributed by atoms with E-state index in [0.717, 1.165) is 18.6 Å². The Balaban J connectivity index is 1.84. The molecule has 0 spiro atoms. The van der Waals surface area contributed by atoms with Gasteiger partial charge in [0.05, 0.1) is 7.11 Å².